The summed E-state index contributed by atoms with van der Waals surface area (Å²) in [6.45, 7) is 2.65. The number of amides is 1. The highest BCUT2D eigenvalue weighted by Gasteiger charge is 2.10. The Morgan fingerprint density at radius 1 is 1.10 bits per heavy atom. The molecule has 2 aromatic rings. The lowest BCUT2D eigenvalue weighted by Gasteiger charge is -2.15. The standard InChI is InChI=1S/C17H20N2O2/c1-13(15-9-5-6-10-16(15)20)18-12-17(21)19-11-14-7-3-2-4-8-14/h2-10,13,18,20H,11-12H2,1H3,(H,19,21). The number of carbonyl (C=O) groups is 1. The summed E-state index contributed by atoms with van der Waals surface area (Å²) in [4.78, 5) is 11.8. The Balaban J connectivity index is 1.77. The van der Waals surface area contributed by atoms with Crippen LogP contribution >= 0.6 is 0 Å². The highest BCUT2D eigenvalue weighted by molar-refractivity contribution is 5.78. The number of benzene rings is 2. The van der Waals surface area contributed by atoms with Gasteiger partial charge in [-0.1, -0.05) is 48.5 Å². The summed E-state index contributed by atoms with van der Waals surface area (Å²) in [5, 5.41) is 15.7. The van der Waals surface area contributed by atoms with E-state index < -0.39 is 0 Å². The second-order valence-electron chi connectivity index (χ2n) is 4.92. The largest absolute Gasteiger partial charge is 0.508 e. The highest BCUT2D eigenvalue weighted by atomic mass is 16.3. The zero-order valence-electron chi connectivity index (χ0n) is 12.0. The number of phenolic OH excluding ortho intramolecular Hbond substituents is 1. The number of hydrogen-bond acceptors (Lipinski definition) is 3. The number of aromatic hydroxyl groups is 1. The fraction of sp³-hybridized carbons (Fsp3) is 0.235. The predicted octanol–water partition coefficient (Wildman–Crippen LogP) is 2.36. The molecule has 2 aromatic carbocycles. The Hall–Kier alpha value is -2.33. The van der Waals surface area contributed by atoms with Crippen LogP contribution in [0.3, 0.4) is 0 Å². The molecule has 110 valence electrons. The molecule has 0 fully saturated rings. The molecular weight excluding hydrogens is 264 g/mol. The zero-order valence-corrected chi connectivity index (χ0v) is 12.0. The van der Waals surface area contributed by atoms with Crippen LogP contribution < -0.4 is 10.6 Å². The third-order valence-electron chi connectivity index (χ3n) is 3.30. The molecule has 0 saturated carbocycles. The van der Waals surface area contributed by atoms with Crippen LogP contribution in [0.15, 0.2) is 54.6 Å². The maximum Gasteiger partial charge on any atom is 0.234 e. The molecular formula is C17H20N2O2. The molecule has 0 spiro atoms. The summed E-state index contributed by atoms with van der Waals surface area (Å²) < 4.78 is 0. The summed E-state index contributed by atoms with van der Waals surface area (Å²) >= 11 is 0. The molecule has 0 aliphatic heterocycles. The molecule has 1 unspecified atom stereocenters. The van der Waals surface area contributed by atoms with Crippen molar-refractivity contribution in [1.29, 1.82) is 0 Å². The van der Waals surface area contributed by atoms with Gasteiger partial charge in [0.2, 0.25) is 5.91 Å². The molecule has 0 radical (unpaired) electrons. The van der Waals surface area contributed by atoms with Crippen LogP contribution in [0, 0.1) is 0 Å². The first kappa shape index (κ1) is 15.1. The minimum absolute atomic E-state index is 0.0684. The summed E-state index contributed by atoms with van der Waals surface area (Å²) in [7, 11) is 0. The number of hydrogen-bond donors (Lipinski definition) is 3. The molecule has 0 heterocycles. The van der Waals surface area contributed by atoms with Gasteiger partial charge in [0.05, 0.1) is 6.54 Å². The molecule has 2 rings (SSSR count). The number of para-hydroxylation sites is 1. The average Bonchev–Trinajstić information content (AvgIpc) is 2.52. The van der Waals surface area contributed by atoms with E-state index in [2.05, 4.69) is 10.6 Å². The van der Waals surface area contributed by atoms with E-state index in [9.17, 15) is 9.90 Å². The maximum absolute atomic E-state index is 11.8. The lowest BCUT2D eigenvalue weighted by Crippen LogP contribution is -2.34. The van der Waals surface area contributed by atoms with Crippen molar-refractivity contribution in [3.8, 4) is 5.75 Å². The molecule has 1 amide bonds. The second-order valence-corrected chi connectivity index (χ2v) is 4.92. The molecule has 0 aromatic heterocycles. The third-order valence-corrected chi connectivity index (χ3v) is 3.30. The van der Waals surface area contributed by atoms with Crippen LogP contribution in [-0.2, 0) is 11.3 Å². The van der Waals surface area contributed by atoms with Gasteiger partial charge in [-0.2, -0.15) is 0 Å². The number of phenols is 1. The quantitative estimate of drug-likeness (QED) is 0.763. The van der Waals surface area contributed by atoms with E-state index in [0.29, 0.717) is 6.54 Å². The molecule has 0 bridgehead atoms. The summed E-state index contributed by atoms with van der Waals surface area (Å²) in [5.41, 5.74) is 1.85. The Bertz CT molecular complexity index is 584. The van der Waals surface area contributed by atoms with E-state index in [1.807, 2.05) is 49.4 Å². The molecule has 0 saturated heterocycles. The van der Waals surface area contributed by atoms with Gasteiger partial charge in [0.1, 0.15) is 5.75 Å². The van der Waals surface area contributed by atoms with Crippen LogP contribution in [0.5, 0.6) is 5.75 Å². The van der Waals surface area contributed by atoms with Crippen molar-refractivity contribution in [3.05, 3.63) is 65.7 Å². The van der Waals surface area contributed by atoms with Crippen molar-refractivity contribution >= 4 is 5.91 Å². The number of carbonyl (C=O) groups excluding carboxylic acids is 1. The summed E-state index contributed by atoms with van der Waals surface area (Å²) in [6, 6.07) is 16.8. The van der Waals surface area contributed by atoms with E-state index in [1.54, 1.807) is 12.1 Å². The molecule has 4 nitrogen and oxygen atoms in total. The van der Waals surface area contributed by atoms with Gasteiger partial charge >= 0.3 is 0 Å². The van der Waals surface area contributed by atoms with E-state index >= 15 is 0 Å². The molecule has 4 heteroatoms. The molecule has 0 aliphatic rings. The van der Waals surface area contributed by atoms with Crippen molar-refractivity contribution in [3.63, 3.8) is 0 Å². The zero-order chi connectivity index (χ0) is 15.1. The van der Waals surface area contributed by atoms with Gasteiger partial charge < -0.3 is 15.7 Å². The van der Waals surface area contributed by atoms with Gasteiger partial charge in [-0.25, -0.2) is 0 Å². The first-order valence-corrected chi connectivity index (χ1v) is 6.98. The van der Waals surface area contributed by atoms with E-state index in [-0.39, 0.29) is 24.2 Å². The minimum atomic E-state index is -0.0892. The van der Waals surface area contributed by atoms with Gasteiger partial charge in [-0.05, 0) is 18.6 Å². The van der Waals surface area contributed by atoms with Gasteiger partial charge in [0.25, 0.3) is 0 Å². The van der Waals surface area contributed by atoms with E-state index in [1.165, 1.54) is 0 Å². The predicted molar refractivity (Wildman–Crippen MR) is 82.8 cm³/mol. The molecule has 1 atom stereocenters. The van der Waals surface area contributed by atoms with E-state index in [0.717, 1.165) is 11.1 Å². The third kappa shape index (κ3) is 4.61. The highest BCUT2D eigenvalue weighted by Crippen LogP contribution is 2.22. The normalized spacial score (nSPS) is 11.9. The lowest BCUT2D eigenvalue weighted by molar-refractivity contribution is -0.120. The summed E-state index contributed by atoms with van der Waals surface area (Å²) in [5.74, 6) is 0.170. The van der Waals surface area contributed by atoms with Crippen molar-refractivity contribution < 1.29 is 9.90 Å². The van der Waals surface area contributed by atoms with Gasteiger partial charge in [0.15, 0.2) is 0 Å². The van der Waals surface area contributed by atoms with Crippen molar-refractivity contribution in [2.75, 3.05) is 6.54 Å². The van der Waals surface area contributed by atoms with Crippen molar-refractivity contribution in [1.82, 2.24) is 10.6 Å². The second kappa shape index (κ2) is 7.45. The SMILES string of the molecule is CC(NCC(=O)NCc1ccccc1)c1ccccc1O. The topological polar surface area (TPSA) is 61.4 Å². The Labute approximate surface area is 124 Å². The first-order valence-electron chi connectivity index (χ1n) is 6.98. The number of rotatable bonds is 6. The Kier molecular flexibility index (Phi) is 5.35. The van der Waals surface area contributed by atoms with Crippen molar-refractivity contribution in [2.45, 2.75) is 19.5 Å². The van der Waals surface area contributed by atoms with E-state index in [4.69, 9.17) is 0 Å². The molecule has 21 heavy (non-hydrogen) atoms. The van der Waals surface area contributed by atoms with Crippen LogP contribution in [0.1, 0.15) is 24.1 Å². The fourth-order valence-corrected chi connectivity index (χ4v) is 2.07. The fourth-order valence-electron chi connectivity index (χ4n) is 2.07. The Morgan fingerprint density at radius 2 is 1.76 bits per heavy atom. The first-order chi connectivity index (χ1) is 10.2. The van der Waals surface area contributed by atoms with Gasteiger partial charge in [0, 0.05) is 18.2 Å². The van der Waals surface area contributed by atoms with Gasteiger partial charge in [-0.15, -0.1) is 0 Å². The van der Waals surface area contributed by atoms with Crippen LogP contribution in [0.25, 0.3) is 0 Å². The molecule has 0 aliphatic carbocycles. The lowest BCUT2D eigenvalue weighted by atomic mass is 10.1. The van der Waals surface area contributed by atoms with Gasteiger partial charge in [-0.3, -0.25) is 4.79 Å². The smallest absolute Gasteiger partial charge is 0.234 e. The summed E-state index contributed by atoms with van der Waals surface area (Å²) in [6.07, 6.45) is 0. The molecule has 3 N–H and O–H groups in total. The van der Waals surface area contributed by atoms with Crippen LogP contribution in [0.4, 0.5) is 0 Å². The van der Waals surface area contributed by atoms with Crippen LogP contribution in [-0.4, -0.2) is 17.6 Å². The monoisotopic (exact) mass is 284 g/mol. The average molecular weight is 284 g/mol. The number of nitrogens with one attached hydrogen (secondary N) is 2. The van der Waals surface area contributed by atoms with Crippen molar-refractivity contribution in [2.24, 2.45) is 0 Å². The minimum Gasteiger partial charge on any atom is -0.508 e. The maximum atomic E-state index is 11.8. The Morgan fingerprint density at radius 3 is 2.48 bits per heavy atom. The van der Waals surface area contributed by atoms with Crippen LogP contribution in [0.2, 0.25) is 0 Å².